The van der Waals surface area contributed by atoms with Crippen molar-refractivity contribution in [3.63, 3.8) is 0 Å². The van der Waals surface area contributed by atoms with E-state index >= 15 is 0 Å². The lowest BCUT2D eigenvalue weighted by Gasteiger charge is -2.24. The Hall–Kier alpha value is 0.0200. The fourth-order valence-corrected chi connectivity index (χ4v) is 5.28. The molecule has 2 aromatic rings. The lowest BCUT2D eigenvalue weighted by Crippen LogP contribution is -2.34. The first kappa shape index (κ1) is 37.0. The largest absolute Gasteiger partial charge is 0.302 e. The van der Waals surface area contributed by atoms with Gasteiger partial charge in [0, 0.05) is 49.3 Å². The van der Waals surface area contributed by atoms with Crippen LogP contribution >= 0.6 is 72.8 Å². The third-order valence-corrected chi connectivity index (χ3v) is 7.45. The van der Waals surface area contributed by atoms with Gasteiger partial charge in [-0.05, 0) is 93.9 Å². The minimum absolute atomic E-state index is 0. The van der Waals surface area contributed by atoms with Crippen molar-refractivity contribution in [3.05, 3.63) is 69.7 Å². The van der Waals surface area contributed by atoms with E-state index < -0.39 is 0 Å². The zero-order chi connectivity index (χ0) is 22.9. The molecule has 2 aliphatic rings. The predicted molar refractivity (Wildman–Crippen MR) is 169 cm³/mol. The van der Waals surface area contributed by atoms with Crippen LogP contribution in [0.5, 0.6) is 0 Å². The number of nitrogens with zero attached hydrogens (tertiary/aromatic N) is 4. The van der Waals surface area contributed by atoms with E-state index in [9.17, 15) is 0 Å². The van der Waals surface area contributed by atoms with Crippen molar-refractivity contribution in [1.82, 2.24) is 19.6 Å². The monoisotopic (exact) mass is 632 g/mol. The number of hydrogen-bond donors (Lipinski definition) is 0. The maximum atomic E-state index is 6.03. The van der Waals surface area contributed by atoms with Crippen molar-refractivity contribution in [2.24, 2.45) is 0 Å². The summed E-state index contributed by atoms with van der Waals surface area (Å²) in [6, 6.07) is 16.6. The SMILES string of the molecule is Cl.Cl.Cl.Cl.Clc1ccc(CN2CCCN(CCCN3CCCN(Cc4ccc(Cl)cc4)CC3)CC2)cc1. The van der Waals surface area contributed by atoms with Gasteiger partial charge in [0.15, 0.2) is 0 Å². The first-order valence-corrected chi connectivity index (χ1v) is 13.3. The molecule has 0 unspecified atom stereocenters. The van der Waals surface area contributed by atoms with Gasteiger partial charge in [0.1, 0.15) is 0 Å². The second kappa shape index (κ2) is 20.0. The third kappa shape index (κ3) is 13.3. The Morgan fingerprint density at radius 1 is 0.459 bits per heavy atom. The summed E-state index contributed by atoms with van der Waals surface area (Å²) in [6.07, 6.45) is 3.79. The van der Waals surface area contributed by atoms with E-state index in [-0.39, 0.29) is 49.6 Å². The van der Waals surface area contributed by atoms with E-state index in [0.717, 1.165) is 36.2 Å². The molecule has 0 saturated carbocycles. The van der Waals surface area contributed by atoms with Crippen LogP contribution in [0.4, 0.5) is 0 Å². The Kier molecular flexibility index (Phi) is 20.0. The van der Waals surface area contributed by atoms with Crippen LogP contribution in [0, 0.1) is 0 Å². The molecular weight excluding hydrogens is 593 g/mol. The lowest BCUT2D eigenvalue weighted by atomic mass is 10.2. The smallest absolute Gasteiger partial charge is 0.0406 e. The molecule has 2 fully saturated rings. The molecule has 0 aromatic heterocycles. The lowest BCUT2D eigenvalue weighted by molar-refractivity contribution is 0.221. The molecule has 0 radical (unpaired) electrons. The van der Waals surface area contributed by atoms with Crippen LogP contribution in [0.25, 0.3) is 0 Å². The molecule has 212 valence electrons. The average Bonchev–Trinajstić information content (AvgIpc) is 3.18. The highest BCUT2D eigenvalue weighted by atomic mass is 35.5. The van der Waals surface area contributed by atoms with Gasteiger partial charge in [-0.15, -0.1) is 49.6 Å². The van der Waals surface area contributed by atoms with Gasteiger partial charge in [-0.3, -0.25) is 9.80 Å². The molecule has 2 saturated heterocycles. The summed E-state index contributed by atoms with van der Waals surface area (Å²) in [5.41, 5.74) is 2.72. The van der Waals surface area contributed by atoms with Crippen LogP contribution in [-0.4, -0.2) is 85.0 Å². The van der Waals surface area contributed by atoms with E-state index in [1.54, 1.807) is 0 Å². The Labute approximate surface area is 258 Å². The Morgan fingerprint density at radius 2 is 0.784 bits per heavy atom. The van der Waals surface area contributed by atoms with E-state index in [4.69, 9.17) is 23.2 Å². The maximum Gasteiger partial charge on any atom is 0.0406 e. The zero-order valence-corrected chi connectivity index (χ0v) is 26.2. The van der Waals surface area contributed by atoms with Crippen LogP contribution in [0.1, 0.15) is 30.4 Å². The second-order valence-electron chi connectivity index (χ2n) is 9.55. The number of benzene rings is 2. The van der Waals surface area contributed by atoms with Gasteiger partial charge in [-0.2, -0.15) is 0 Å². The summed E-state index contributed by atoms with van der Waals surface area (Å²) in [6.45, 7) is 14.0. The summed E-state index contributed by atoms with van der Waals surface area (Å²) >= 11 is 12.1. The molecule has 2 aromatic carbocycles. The summed E-state index contributed by atoms with van der Waals surface area (Å²) in [7, 11) is 0. The van der Waals surface area contributed by atoms with E-state index in [0.29, 0.717) is 0 Å². The summed E-state index contributed by atoms with van der Waals surface area (Å²) in [4.78, 5) is 10.5. The Morgan fingerprint density at radius 3 is 1.16 bits per heavy atom. The molecule has 2 heterocycles. The highest BCUT2D eigenvalue weighted by Crippen LogP contribution is 2.15. The summed E-state index contributed by atoms with van der Waals surface area (Å²) < 4.78 is 0. The molecule has 0 amide bonds. The van der Waals surface area contributed by atoms with Crippen LogP contribution < -0.4 is 0 Å². The molecule has 2 aliphatic heterocycles. The third-order valence-electron chi connectivity index (χ3n) is 6.95. The van der Waals surface area contributed by atoms with Gasteiger partial charge in [0.2, 0.25) is 0 Å². The first-order valence-electron chi connectivity index (χ1n) is 12.5. The minimum Gasteiger partial charge on any atom is -0.302 e. The van der Waals surface area contributed by atoms with Gasteiger partial charge in [-0.1, -0.05) is 47.5 Å². The van der Waals surface area contributed by atoms with Crippen molar-refractivity contribution < 1.29 is 0 Å². The van der Waals surface area contributed by atoms with Crippen LogP contribution in [0.15, 0.2) is 48.5 Å². The van der Waals surface area contributed by atoms with Crippen molar-refractivity contribution in [2.45, 2.75) is 32.4 Å². The van der Waals surface area contributed by atoms with Crippen molar-refractivity contribution in [3.8, 4) is 0 Å². The Bertz CT molecular complexity index is 770. The molecule has 37 heavy (non-hydrogen) atoms. The van der Waals surface area contributed by atoms with Crippen molar-refractivity contribution in [1.29, 1.82) is 0 Å². The Balaban J connectivity index is 0.00000324. The topological polar surface area (TPSA) is 13.0 Å². The number of rotatable bonds is 8. The molecule has 0 bridgehead atoms. The van der Waals surface area contributed by atoms with Gasteiger partial charge in [-0.25, -0.2) is 0 Å². The molecule has 4 rings (SSSR count). The van der Waals surface area contributed by atoms with Gasteiger partial charge >= 0.3 is 0 Å². The number of halogens is 6. The molecule has 0 N–H and O–H groups in total. The predicted octanol–water partition coefficient (Wildman–Crippen LogP) is 6.79. The summed E-state index contributed by atoms with van der Waals surface area (Å²) in [5, 5.41) is 1.64. The fourth-order valence-electron chi connectivity index (χ4n) is 5.03. The molecule has 0 spiro atoms. The van der Waals surface area contributed by atoms with Gasteiger partial charge in [0.25, 0.3) is 0 Å². The first-order chi connectivity index (χ1) is 16.1. The van der Waals surface area contributed by atoms with Crippen LogP contribution in [0.2, 0.25) is 10.0 Å². The number of hydrogen-bond acceptors (Lipinski definition) is 4. The highest BCUT2D eigenvalue weighted by molar-refractivity contribution is 6.30. The second-order valence-corrected chi connectivity index (χ2v) is 10.4. The minimum atomic E-state index is 0. The fraction of sp³-hybridized carbons (Fsp3) is 0.556. The molecule has 4 nitrogen and oxygen atoms in total. The highest BCUT2D eigenvalue weighted by Gasteiger charge is 2.17. The van der Waals surface area contributed by atoms with Crippen LogP contribution in [-0.2, 0) is 13.1 Å². The van der Waals surface area contributed by atoms with Crippen LogP contribution in [0.3, 0.4) is 0 Å². The molecule has 10 heteroatoms. The normalized spacial score (nSPS) is 17.8. The summed E-state index contributed by atoms with van der Waals surface area (Å²) in [5.74, 6) is 0. The molecule has 0 aliphatic carbocycles. The maximum absolute atomic E-state index is 6.03. The van der Waals surface area contributed by atoms with Crippen molar-refractivity contribution in [2.75, 3.05) is 65.4 Å². The van der Waals surface area contributed by atoms with Crippen molar-refractivity contribution >= 4 is 72.8 Å². The van der Waals surface area contributed by atoms with Gasteiger partial charge < -0.3 is 9.80 Å². The van der Waals surface area contributed by atoms with Gasteiger partial charge in [0.05, 0.1) is 0 Å². The average molecular weight is 635 g/mol. The molecule has 0 atom stereocenters. The van der Waals surface area contributed by atoms with E-state index in [2.05, 4.69) is 43.9 Å². The molecular formula is C27H42Cl6N4. The van der Waals surface area contributed by atoms with E-state index in [1.807, 2.05) is 24.3 Å². The van der Waals surface area contributed by atoms with E-state index in [1.165, 1.54) is 82.7 Å². The standard InChI is InChI=1S/C27H38Cl2N4.4ClH/c28-26-8-4-24(5-9-26)22-32-16-2-14-30(18-20-32)12-1-13-31-15-3-17-33(21-19-31)23-25-6-10-27(29)11-7-25;;;;/h4-11H,1-3,12-23H2;4*1H. The quantitative estimate of drug-likeness (QED) is 0.317. The zero-order valence-electron chi connectivity index (χ0n) is 21.4.